The summed E-state index contributed by atoms with van der Waals surface area (Å²) in [5, 5.41) is 2.41. The van der Waals surface area contributed by atoms with Crippen LogP contribution in [0, 0.1) is 13.8 Å². The van der Waals surface area contributed by atoms with Gasteiger partial charge in [0.2, 0.25) is 0 Å². The summed E-state index contributed by atoms with van der Waals surface area (Å²) in [7, 11) is 0. The summed E-state index contributed by atoms with van der Waals surface area (Å²) in [5.41, 5.74) is 5.77. The molecule has 0 aliphatic carbocycles. The molecule has 0 fully saturated rings. The quantitative estimate of drug-likeness (QED) is 0.503. The van der Waals surface area contributed by atoms with Gasteiger partial charge >= 0.3 is 5.97 Å². The van der Waals surface area contributed by atoms with E-state index in [1.54, 1.807) is 0 Å². The molecule has 0 N–H and O–H groups in total. The highest BCUT2D eigenvalue weighted by Crippen LogP contribution is 2.28. The highest BCUT2D eigenvalue weighted by atomic mass is 16.6. The standard InChI is InChI=1S/C25H28O2/c1-17-13-18(2)15-22(14-17)20-9-11-23-19(7-6-8-21(23)16-20)10-12-24(26)27-25(3,4)5/h6-9,11,13-16H,10,12H2,1-5H3. The predicted octanol–water partition coefficient (Wildman–Crippen LogP) is 6.40. The van der Waals surface area contributed by atoms with Gasteiger partial charge < -0.3 is 4.74 Å². The maximum absolute atomic E-state index is 12.0. The van der Waals surface area contributed by atoms with Crippen molar-refractivity contribution in [2.75, 3.05) is 0 Å². The van der Waals surface area contributed by atoms with Gasteiger partial charge in [0.1, 0.15) is 5.60 Å². The molecule has 3 aromatic carbocycles. The molecule has 0 radical (unpaired) electrons. The van der Waals surface area contributed by atoms with Crippen LogP contribution in [-0.2, 0) is 16.0 Å². The van der Waals surface area contributed by atoms with Gasteiger partial charge in [-0.3, -0.25) is 4.79 Å². The smallest absolute Gasteiger partial charge is 0.306 e. The fraction of sp³-hybridized carbons (Fsp3) is 0.320. The predicted molar refractivity (Wildman–Crippen MR) is 113 cm³/mol. The van der Waals surface area contributed by atoms with Gasteiger partial charge in [0.15, 0.2) is 0 Å². The van der Waals surface area contributed by atoms with Crippen LogP contribution in [0.3, 0.4) is 0 Å². The third-order valence-electron chi connectivity index (χ3n) is 4.54. The Morgan fingerprint density at radius 2 is 1.59 bits per heavy atom. The van der Waals surface area contributed by atoms with Crippen molar-refractivity contribution in [1.82, 2.24) is 0 Å². The second-order valence-corrected chi connectivity index (χ2v) is 8.32. The molecule has 27 heavy (non-hydrogen) atoms. The lowest BCUT2D eigenvalue weighted by atomic mass is 9.95. The van der Waals surface area contributed by atoms with Crippen molar-refractivity contribution in [1.29, 1.82) is 0 Å². The molecular weight excluding hydrogens is 332 g/mol. The van der Waals surface area contributed by atoms with Gasteiger partial charge in [0.25, 0.3) is 0 Å². The molecule has 0 bridgehead atoms. The van der Waals surface area contributed by atoms with E-state index in [2.05, 4.69) is 68.4 Å². The molecule has 0 aliphatic rings. The first-order valence-corrected chi connectivity index (χ1v) is 9.53. The van der Waals surface area contributed by atoms with Crippen LogP contribution >= 0.6 is 0 Å². The number of carbonyl (C=O) groups is 1. The van der Waals surface area contributed by atoms with E-state index in [9.17, 15) is 4.79 Å². The molecule has 3 rings (SSSR count). The lowest BCUT2D eigenvalue weighted by Gasteiger charge is -2.19. The van der Waals surface area contributed by atoms with Crippen molar-refractivity contribution in [3.05, 3.63) is 71.3 Å². The van der Waals surface area contributed by atoms with Gasteiger partial charge in [0, 0.05) is 6.42 Å². The first-order valence-electron chi connectivity index (χ1n) is 9.53. The molecule has 140 valence electrons. The van der Waals surface area contributed by atoms with E-state index < -0.39 is 5.60 Å². The van der Waals surface area contributed by atoms with Gasteiger partial charge in [0.05, 0.1) is 0 Å². The molecule has 3 aromatic rings. The molecule has 0 spiro atoms. The Balaban J connectivity index is 1.86. The lowest BCUT2D eigenvalue weighted by Crippen LogP contribution is -2.24. The number of rotatable bonds is 4. The number of hydrogen-bond donors (Lipinski definition) is 0. The fourth-order valence-corrected chi connectivity index (χ4v) is 3.52. The third kappa shape index (κ3) is 4.97. The maximum atomic E-state index is 12.0. The van der Waals surface area contributed by atoms with Crippen molar-refractivity contribution < 1.29 is 9.53 Å². The second kappa shape index (κ2) is 7.56. The number of carbonyl (C=O) groups excluding carboxylic acids is 1. The van der Waals surface area contributed by atoms with Crippen LogP contribution in [-0.4, -0.2) is 11.6 Å². The highest BCUT2D eigenvalue weighted by Gasteiger charge is 2.16. The summed E-state index contributed by atoms with van der Waals surface area (Å²) in [6.45, 7) is 9.96. The van der Waals surface area contributed by atoms with Crippen molar-refractivity contribution >= 4 is 16.7 Å². The summed E-state index contributed by atoms with van der Waals surface area (Å²) in [5.74, 6) is -0.147. The Labute approximate surface area is 162 Å². The zero-order chi connectivity index (χ0) is 19.6. The van der Waals surface area contributed by atoms with Crippen LogP contribution in [0.25, 0.3) is 21.9 Å². The monoisotopic (exact) mass is 360 g/mol. The summed E-state index contributed by atoms with van der Waals surface area (Å²) < 4.78 is 5.43. The number of ether oxygens (including phenoxy) is 1. The van der Waals surface area contributed by atoms with Crippen molar-refractivity contribution in [2.24, 2.45) is 0 Å². The molecule has 0 atom stereocenters. The Kier molecular flexibility index (Phi) is 5.36. The molecule has 2 heteroatoms. The van der Waals surface area contributed by atoms with Gasteiger partial charge in [-0.25, -0.2) is 0 Å². The van der Waals surface area contributed by atoms with Crippen LogP contribution in [0.4, 0.5) is 0 Å². The fourth-order valence-electron chi connectivity index (χ4n) is 3.52. The van der Waals surface area contributed by atoms with Crippen LogP contribution < -0.4 is 0 Å². The largest absolute Gasteiger partial charge is 0.460 e. The zero-order valence-electron chi connectivity index (χ0n) is 16.9. The highest BCUT2D eigenvalue weighted by molar-refractivity contribution is 5.90. The van der Waals surface area contributed by atoms with Crippen molar-refractivity contribution in [2.45, 2.75) is 53.1 Å². The van der Waals surface area contributed by atoms with E-state index in [0.29, 0.717) is 12.8 Å². The van der Waals surface area contributed by atoms with Gasteiger partial charge in [-0.05, 0) is 74.6 Å². The molecule has 0 saturated carbocycles. The van der Waals surface area contributed by atoms with E-state index in [0.717, 1.165) is 0 Å². The number of benzene rings is 3. The van der Waals surface area contributed by atoms with Crippen molar-refractivity contribution in [3.63, 3.8) is 0 Å². The van der Waals surface area contributed by atoms with Crippen LogP contribution in [0.15, 0.2) is 54.6 Å². The normalized spacial score (nSPS) is 11.6. The van der Waals surface area contributed by atoms with Crippen LogP contribution in [0.1, 0.15) is 43.9 Å². The van der Waals surface area contributed by atoms with Crippen LogP contribution in [0.2, 0.25) is 0 Å². The summed E-state index contributed by atoms with van der Waals surface area (Å²) in [6.07, 6.45) is 1.09. The van der Waals surface area contributed by atoms with Crippen LogP contribution in [0.5, 0.6) is 0 Å². The van der Waals surface area contributed by atoms with E-state index in [4.69, 9.17) is 4.74 Å². The Morgan fingerprint density at radius 1 is 0.889 bits per heavy atom. The molecule has 0 heterocycles. The zero-order valence-corrected chi connectivity index (χ0v) is 16.9. The average Bonchev–Trinajstić information content (AvgIpc) is 2.57. The van der Waals surface area contributed by atoms with E-state index in [1.807, 2.05) is 20.8 Å². The topological polar surface area (TPSA) is 26.3 Å². The molecule has 0 saturated heterocycles. The number of aryl methyl sites for hydroxylation is 3. The Bertz CT molecular complexity index is 957. The maximum Gasteiger partial charge on any atom is 0.306 e. The first kappa shape index (κ1) is 19.2. The Morgan fingerprint density at radius 3 is 2.26 bits per heavy atom. The van der Waals surface area contributed by atoms with E-state index in [1.165, 1.54) is 38.6 Å². The molecule has 0 aromatic heterocycles. The molecule has 0 aliphatic heterocycles. The summed E-state index contributed by atoms with van der Waals surface area (Å²) in [6, 6.07) is 19.5. The minimum absolute atomic E-state index is 0.147. The van der Waals surface area contributed by atoms with Gasteiger partial charge in [-0.1, -0.05) is 59.7 Å². The Hall–Kier alpha value is -2.61. The van der Waals surface area contributed by atoms with Gasteiger partial charge in [-0.15, -0.1) is 0 Å². The van der Waals surface area contributed by atoms with Gasteiger partial charge in [-0.2, -0.15) is 0 Å². The molecular formula is C25H28O2. The second-order valence-electron chi connectivity index (χ2n) is 8.32. The summed E-state index contributed by atoms with van der Waals surface area (Å²) in [4.78, 5) is 12.0. The molecule has 0 unspecified atom stereocenters. The number of fused-ring (bicyclic) bond motifs is 1. The number of esters is 1. The van der Waals surface area contributed by atoms with Crippen molar-refractivity contribution in [3.8, 4) is 11.1 Å². The minimum Gasteiger partial charge on any atom is -0.460 e. The summed E-state index contributed by atoms with van der Waals surface area (Å²) >= 11 is 0. The molecule has 0 amide bonds. The number of hydrogen-bond acceptors (Lipinski definition) is 2. The first-order chi connectivity index (χ1) is 12.7. The van der Waals surface area contributed by atoms with E-state index >= 15 is 0 Å². The van der Waals surface area contributed by atoms with E-state index in [-0.39, 0.29) is 5.97 Å². The average molecular weight is 360 g/mol. The minimum atomic E-state index is -0.434. The molecule has 2 nitrogen and oxygen atoms in total. The third-order valence-corrected chi connectivity index (χ3v) is 4.54. The lowest BCUT2D eigenvalue weighted by molar-refractivity contribution is -0.154. The SMILES string of the molecule is Cc1cc(C)cc(-c2ccc3c(CCC(=O)OC(C)(C)C)cccc3c2)c1.